The summed E-state index contributed by atoms with van der Waals surface area (Å²) >= 11 is 1.50. The summed E-state index contributed by atoms with van der Waals surface area (Å²) in [6, 6.07) is 0.532. The van der Waals surface area contributed by atoms with Crippen LogP contribution in [0.25, 0.3) is 0 Å². The first kappa shape index (κ1) is 16.4. The maximum Gasteiger partial charge on any atom is 0.355 e. The molecule has 0 aromatic carbocycles. The highest BCUT2D eigenvalue weighted by molar-refractivity contribution is 7.09. The molecule has 1 aromatic rings. The third-order valence-electron chi connectivity index (χ3n) is 4.44. The van der Waals surface area contributed by atoms with Crippen molar-refractivity contribution in [3.8, 4) is 0 Å². The largest absolute Gasteiger partial charge is 0.476 e. The van der Waals surface area contributed by atoms with Gasteiger partial charge in [0.25, 0.3) is 0 Å². The Morgan fingerprint density at radius 3 is 2.76 bits per heavy atom. The fourth-order valence-corrected chi connectivity index (χ4v) is 4.47. The monoisotopic (exact) mass is 310 g/mol. The van der Waals surface area contributed by atoms with Crippen LogP contribution in [0.3, 0.4) is 0 Å². The van der Waals surface area contributed by atoms with E-state index in [1.807, 2.05) is 0 Å². The predicted molar refractivity (Wildman–Crippen MR) is 86.2 cm³/mol. The molecule has 1 aliphatic heterocycles. The van der Waals surface area contributed by atoms with Gasteiger partial charge in [-0.15, -0.1) is 11.3 Å². The average Bonchev–Trinajstić information content (AvgIpc) is 2.83. The van der Waals surface area contributed by atoms with Crippen molar-refractivity contribution >= 4 is 17.3 Å². The number of nitrogens with zero attached hydrogens (tertiary/aromatic N) is 2. The molecule has 0 spiro atoms. The van der Waals surface area contributed by atoms with Crippen molar-refractivity contribution in [2.45, 2.75) is 70.9 Å². The number of carboxylic acids is 1. The molecule has 0 saturated carbocycles. The van der Waals surface area contributed by atoms with Gasteiger partial charge in [0.15, 0.2) is 5.69 Å². The fraction of sp³-hybridized carbons (Fsp3) is 0.750. The topological polar surface area (TPSA) is 53.4 Å². The Kier molecular flexibility index (Phi) is 5.04. The molecule has 21 heavy (non-hydrogen) atoms. The van der Waals surface area contributed by atoms with Gasteiger partial charge in [-0.05, 0) is 53.5 Å². The van der Waals surface area contributed by atoms with Crippen LogP contribution in [-0.4, -0.2) is 39.1 Å². The standard InChI is InChI=1S/C16H26N2O2S/c1-11(2)18-8-6-5-7-12(9-16(18,3)4)14-17-13(10-21-14)15(19)20/h10-12H,5-9H2,1-4H3,(H,19,20). The van der Waals surface area contributed by atoms with Crippen LogP contribution in [0.1, 0.15) is 74.8 Å². The van der Waals surface area contributed by atoms with Gasteiger partial charge in [-0.25, -0.2) is 9.78 Å². The zero-order valence-electron chi connectivity index (χ0n) is 13.4. The van der Waals surface area contributed by atoms with Gasteiger partial charge in [0.2, 0.25) is 0 Å². The number of hydrogen-bond donors (Lipinski definition) is 1. The molecule has 0 radical (unpaired) electrons. The highest BCUT2D eigenvalue weighted by Crippen LogP contribution is 2.37. The minimum atomic E-state index is -0.925. The molecule has 1 atom stereocenters. The first-order valence-electron chi connectivity index (χ1n) is 7.76. The van der Waals surface area contributed by atoms with Crippen molar-refractivity contribution in [1.29, 1.82) is 0 Å². The van der Waals surface area contributed by atoms with Crippen molar-refractivity contribution in [3.05, 3.63) is 16.1 Å². The molecule has 1 unspecified atom stereocenters. The van der Waals surface area contributed by atoms with Crippen LogP contribution in [-0.2, 0) is 0 Å². The van der Waals surface area contributed by atoms with E-state index in [1.165, 1.54) is 24.2 Å². The molecule has 1 aromatic heterocycles. The van der Waals surface area contributed by atoms with Gasteiger partial charge in [-0.1, -0.05) is 6.42 Å². The minimum absolute atomic E-state index is 0.119. The second kappa shape index (κ2) is 6.44. The Morgan fingerprint density at radius 2 is 2.19 bits per heavy atom. The van der Waals surface area contributed by atoms with E-state index in [4.69, 9.17) is 5.11 Å². The zero-order valence-corrected chi connectivity index (χ0v) is 14.2. The molecule has 0 aliphatic carbocycles. The van der Waals surface area contributed by atoms with Crippen LogP contribution in [0, 0.1) is 0 Å². The minimum Gasteiger partial charge on any atom is -0.476 e. The third-order valence-corrected chi connectivity index (χ3v) is 5.45. The summed E-state index contributed by atoms with van der Waals surface area (Å²) in [6.07, 6.45) is 4.54. The number of rotatable bonds is 3. The average molecular weight is 310 g/mol. The lowest BCUT2D eigenvalue weighted by Crippen LogP contribution is -2.50. The van der Waals surface area contributed by atoms with E-state index >= 15 is 0 Å². The van der Waals surface area contributed by atoms with Crippen LogP contribution in [0.2, 0.25) is 0 Å². The number of thiazole rings is 1. The van der Waals surface area contributed by atoms with Crippen LogP contribution in [0.15, 0.2) is 5.38 Å². The molecule has 1 aliphatic rings. The van der Waals surface area contributed by atoms with Crippen LogP contribution in [0.5, 0.6) is 0 Å². The van der Waals surface area contributed by atoms with Gasteiger partial charge >= 0.3 is 5.97 Å². The second-order valence-electron chi connectivity index (χ2n) is 6.87. The number of likely N-dealkylation sites (tertiary alicyclic amines) is 1. The van der Waals surface area contributed by atoms with E-state index < -0.39 is 5.97 Å². The van der Waals surface area contributed by atoms with Crippen LogP contribution < -0.4 is 0 Å². The highest BCUT2D eigenvalue weighted by atomic mass is 32.1. The lowest BCUT2D eigenvalue weighted by molar-refractivity contribution is 0.0586. The molecule has 0 bridgehead atoms. The van der Waals surface area contributed by atoms with Gasteiger partial charge in [0.1, 0.15) is 0 Å². The Labute approximate surface area is 131 Å². The molecule has 5 heteroatoms. The number of hydrogen-bond acceptors (Lipinski definition) is 4. The van der Waals surface area contributed by atoms with E-state index in [1.54, 1.807) is 5.38 Å². The molecule has 0 amide bonds. The molecular weight excluding hydrogens is 284 g/mol. The van der Waals surface area contributed by atoms with E-state index in [0.717, 1.165) is 24.4 Å². The molecule has 118 valence electrons. The summed E-state index contributed by atoms with van der Waals surface area (Å²) < 4.78 is 0. The van der Waals surface area contributed by atoms with E-state index in [0.29, 0.717) is 12.0 Å². The number of aromatic carboxylic acids is 1. The molecule has 1 fully saturated rings. The molecule has 2 heterocycles. The number of aromatic nitrogens is 1. The third kappa shape index (κ3) is 3.83. The van der Waals surface area contributed by atoms with Crippen molar-refractivity contribution in [2.75, 3.05) is 6.54 Å². The first-order chi connectivity index (χ1) is 9.81. The summed E-state index contributed by atoms with van der Waals surface area (Å²) in [4.78, 5) is 17.9. The first-order valence-corrected chi connectivity index (χ1v) is 8.64. The summed E-state index contributed by atoms with van der Waals surface area (Å²) in [6.45, 7) is 10.3. The predicted octanol–water partition coefficient (Wildman–Crippen LogP) is 3.99. The zero-order chi connectivity index (χ0) is 15.6. The van der Waals surface area contributed by atoms with Crippen molar-refractivity contribution in [2.24, 2.45) is 0 Å². The molecular formula is C16H26N2O2S. The SMILES string of the molecule is CC(C)N1CCCCC(c2nc(C(=O)O)cs2)CC1(C)C. The van der Waals surface area contributed by atoms with Crippen LogP contribution >= 0.6 is 11.3 Å². The Hall–Kier alpha value is -0.940. The second-order valence-corrected chi connectivity index (χ2v) is 7.76. The lowest BCUT2D eigenvalue weighted by Gasteiger charge is -2.44. The van der Waals surface area contributed by atoms with Crippen LogP contribution in [0.4, 0.5) is 0 Å². The summed E-state index contributed by atoms with van der Waals surface area (Å²) in [7, 11) is 0. The smallest absolute Gasteiger partial charge is 0.355 e. The maximum absolute atomic E-state index is 11.0. The molecule has 1 N–H and O–H groups in total. The Balaban J connectivity index is 2.20. The van der Waals surface area contributed by atoms with E-state index in [-0.39, 0.29) is 11.2 Å². The number of carboxylic acid groups (broad SMARTS) is 1. The highest BCUT2D eigenvalue weighted by Gasteiger charge is 2.34. The summed E-state index contributed by atoms with van der Waals surface area (Å²) in [5.41, 5.74) is 0.310. The van der Waals surface area contributed by atoms with E-state index in [2.05, 4.69) is 37.6 Å². The van der Waals surface area contributed by atoms with Gasteiger partial charge in [0, 0.05) is 22.9 Å². The van der Waals surface area contributed by atoms with Crippen molar-refractivity contribution in [3.63, 3.8) is 0 Å². The van der Waals surface area contributed by atoms with Crippen molar-refractivity contribution < 1.29 is 9.90 Å². The lowest BCUT2D eigenvalue weighted by atomic mass is 9.83. The summed E-state index contributed by atoms with van der Waals surface area (Å²) in [5, 5.41) is 11.7. The molecule has 2 rings (SSSR count). The van der Waals surface area contributed by atoms with Gasteiger partial charge in [0.05, 0.1) is 5.01 Å². The van der Waals surface area contributed by atoms with Gasteiger partial charge < -0.3 is 5.11 Å². The fourth-order valence-electron chi connectivity index (χ4n) is 3.54. The van der Waals surface area contributed by atoms with E-state index in [9.17, 15) is 4.79 Å². The normalized spacial score (nSPS) is 23.8. The quantitative estimate of drug-likeness (QED) is 0.917. The van der Waals surface area contributed by atoms with Gasteiger partial charge in [-0.2, -0.15) is 0 Å². The molecule has 4 nitrogen and oxygen atoms in total. The Bertz CT molecular complexity index is 496. The van der Waals surface area contributed by atoms with Crippen molar-refractivity contribution in [1.82, 2.24) is 9.88 Å². The molecule has 1 saturated heterocycles. The maximum atomic E-state index is 11.0. The van der Waals surface area contributed by atoms with Gasteiger partial charge in [-0.3, -0.25) is 4.90 Å². The summed E-state index contributed by atoms with van der Waals surface area (Å²) in [5.74, 6) is -0.550. The Morgan fingerprint density at radius 1 is 1.48 bits per heavy atom. The number of carbonyl (C=O) groups is 1.